The molecule has 1 saturated heterocycles. The first-order chi connectivity index (χ1) is 17.1. The molecule has 0 bridgehead atoms. The van der Waals surface area contributed by atoms with Crippen molar-refractivity contribution >= 4 is 23.5 Å². The summed E-state index contributed by atoms with van der Waals surface area (Å²) in [5, 5.41) is 9.14. The van der Waals surface area contributed by atoms with Gasteiger partial charge in [-0.2, -0.15) is 5.10 Å². The summed E-state index contributed by atoms with van der Waals surface area (Å²) in [6.07, 6.45) is 0.281. The van der Waals surface area contributed by atoms with Crippen LogP contribution in [0.15, 0.2) is 39.9 Å². The van der Waals surface area contributed by atoms with Gasteiger partial charge in [0.15, 0.2) is 5.84 Å². The van der Waals surface area contributed by atoms with Crippen LogP contribution < -0.4 is 5.32 Å². The standard InChI is InChI=1S/C25H31F3N6O2/c1-14-13-34-24(29-14)20(12-21(31-34)33-10-8-17(9-11-33)32(4)16(3)35)25(36)30-15(2)18-6-5-7-19(22(18)26)23(27)28/h5-7,12,14-15,17,23H,8-11,13H2,1-4H3,(H,30,36)/t14-,15-/m1/s1. The number of amides is 2. The Morgan fingerprint density at radius 3 is 2.50 bits per heavy atom. The van der Waals surface area contributed by atoms with E-state index >= 15 is 0 Å². The number of nitrogens with zero attached hydrogens (tertiary/aromatic N) is 5. The highest BCUT2D eigenvalue weighted by Gasteiger charge is 2.35. The number of hydrazone groups is 1. The summed E-state index contributed by atoms with van der Waals surface area (Å²) < 4.78 is 40.9. The molecule has 2 amide bonds. The van der Waals surface area contributed by atoms with Crippen molar-refractivity contribution in [2.75, 3.05) is 26.7 Å². The molecule has 1 N–H and O–H groups in total. The maximum atomic E-state index is 14.6. The second-order valence-corrected chi connectivity index (χ2v) is 9.49. The summed E-state index contributed by atoms with van der Waals surface area (Å²) in [6, 6.07) is 3.02. The van der Waals surface area contributed by atoms with Gasteiger partial charge in [0, 0.05) is 38.7 Å². The molecule has 194 valence electrons. The lowest BCUT2D eigenvalue weighted by molar-refractivity contribution is -0.130. The number of halogens is 3. The molecule has 0 spiro atoms. The normalized spacial score (nSPS) is 21.0. The monoisotopic (exact) mass is 504 g/mol. The maximum absolute atomic E-state index is 14.6. The van der Waals surface area contributed by atoms with Gasteiger partial charge in [0.25, 0.3) is 12.3 Å². The average Bonchev–Trinajstić information content (AvgIpc) is 3.22. The predicted octanol–water partition coefficient (Wildman–Crippen LogP) is 3.24. The van der Waals surface area contributed by atoms with Crippen LogP contribution in [0.1, 0.15) is 57.2 Å². The SMILES string of the molecule is CC(=O)N(C)C1CCN(C2=NN3C[C@@H](C)N=C3C(C(=O)N[C@H](C)c3cccc(C(F)F)c3F)=C2)CC1. The summed E-state index contributed by atoms with van der Waals surface area (Å²) >= 11 is 0. The number of alkyl halides is 2. The van der Waals surface area contributed by atoms with Crippen LogP contribution in [-0.2, 0) is 9.59 Å². The molecule has 0 radical (unpaired) electrons. The molecule has 0 unspecified atom stereocenters. The van der Waals surface area contributed by atoms with Crippen LogP contribution in [-0.4, -0.2) is 77.1 Å². The molecule has 0 aromatic heterocycles. The van der Waals surface area contributed by atoms with E-state index in [1.54, 1.807) is 36.9 Å². The van der Waals surface area contributed by atoms with Gasteiger partial charge in [0.1, 0.15) is 11.7 Å². The summed E-state index contributed by atoms with van der Waals surface area (Å²) in [6.45, 7) is 6.89. The van der Waals surface area contributed by atoms with Crippen LogP contribution in [0.3, 0.4) is 0 Å². The van der Waals surface area contributed by atoms with Crippen LogP contribution >= 0.6 is 0 Å². The number of nitrogens with one attached hydrogen (secondary N) is 1. The van der Waals surface area contributed by atoms with Crippen molar-refractivity contribution in [2.45, 2.75) is 58.2 Å². The van der Waals surface area contributed by atoms with Crippen molar-refractivity contribution in [1.29, 1.82) is 0 Å². The van der Waals surface area contributed by atoms with Gasteiger partial charge < -0.3 is 15.1 Å². The van der Waals surface area contributed by atoms with E-state index in [9.17, 15) is 22.8 Å². The van der Waals surface area contributed by atoms with Crippen LogP contribution in [0.2, 0.25) is 0 Å². The van der Waals surface area contributed by atoms with E-state index in [-0.39, 0.29) is 23.6 Å². The quantitative estimate of drug-likeness (QED) is 0.668. The largest absolute Gasteiger partial charge is 0.355 e. The molecule has 8 nitrogen and oxygen atoms in total. The Labute approximate surface area is 208 Å². The number of likely N-dealkylation sites (tertiary alicyclic amines) is 1. The van der Waals surface area contributed by atoms with Crippen molar-refractivity contribution in [3.63, 3.8) is 0 Å². The number of piperidine rings is 1. The summed E-state index contributed by atoms with van der Waals surface area (Å²) in [7, 11) is 1.80. The molecule has 1 aromatic carbocycles. The van der Waals surface area contributed by atoms with Crippen LogP contribution in [0.25, 0.3) is 0 Å². The van der Waals surface area contributed by atoms with Gasteiger partial charge in [-0.1, -0.05) is 18.2 Å². The Kier molecular flexibility index (Phi) is 7.37. The molecule has 0 saturated carbocycles. The van der Waals surface area contributed by atoms with Crippen molar-refractivity contribution in [3.05, 3.63) is 46.8 Å². The molecule has 3 aliphatic rings. The third kappa shape index (κ3) is 5.10. The zero-order chi connectivity index (χ0) is 26.1. The van der Waals surface area contributed by atoms with E-state index in [0.717, 1.165) is 18.9 Å². The molecule has 36 heavy (non-hydrogen) atoms. The average molecular weight is 505 g/mol. The Hall–Kier alpha value is -3.37. The highest BCUT2D eigenvalue weighted by atomic mass is 19.3. The number of carbonyl (C=O) groups is 2. The molecular weight excluding hydrogens is 473 g/mol. The third-order valence-corrected chi connectivity index (χ3v) is 6.95. The van der Waals surface area contributed by atoms with E-state index < -0.39 is 29.8 Å². The summed E-state index contributed by atoms with van der Waals surface area (Å²) in [5.74, 6) is -0.425. The zero-order valence-corrected chi connectivity index (χ0v) is 20.8. The van der Waals surface area contributed by atoms with Gasteiger partial charge in [0.05, 0.1) is 29.8 Å². The lowest BCUT2D eigenvalue weighted by Gasteiger charge is -2.38. The molecule has 4 rings (SSSR count). The third-order valence-electron chi connectivity index (χ3n) is 6.95. The maximum Gasteiger partial charge on any atom is 0.266 e. The number of benzene rings is 1. The topological polar surface area (TPSA) is 80.6 Å². The first-order valence-corrected chi connectivity index (χ1v) is 12.1. The first-order valence-electron chi connectivity index (χ1n) is 12.1. The molecule has 1 aromatic rings. The summed E-state index contributed by atoms with van der Waals surface area (Å²) in [4.78, 5) is 33.4. The van der Waals surface area contributed by atoms with E-state index in [0.29, 0.717) is 36.9 Å². The minimum absolute atomic E-state index is 0.0123. The van der Waals surface area contributed by atoms with Gasteiger partial charge in [-0.05, 0) is 32.8 Å². The number of aliphatic imine (C=N–C) groups is 1. The van der Waals surface area contributed by atoms with Crippen LogP contribution in [0.5, 0.6) is 0 Å². The van der Waals surface area contributed by atoms with Gasteiger partial charge in [0.2, 0.25) is 5.91 Å². The fourth-order valence-electron chi connectivity index (χ4n) is 4.78. The van der Waals surface area contributed by atoms with E-state index in [4.69, 9.17) is 5.10 Å². The minimum Gasteiger partial charge on any atom is -0.355 e. The Bertz CT molecular complexity index is 1130. The Balaban J connectivity index is 1.53. The van der Waals surface area contributed by atoms with Gasteiger partial charge in [-0.3, -0.25) is 14.6 Å². The highest BCUT2D eigenvalue weighted by molar-refractivity contribution is 6.25. The van der Waals surface area contributed by atoms with Crippen molar-refractivity contribution < 1.29 is 22.8 Å². The number of carbonyl (C=O) groups excluding carboxylic acids is 2. The Morgan fingerprint density at radius 2 is 1.86 bits per heavy atom. The van der Waals surface area contributed by atoms with Gasteiger partial charge in [-0.25, -0.2) is 18.2 Å². The first kappa shape index (κ1) is 25.7. The van der Waals surface area contributed by atoms with E-state index in [1.807, 2.05) is 6.92 Å². The summed E-state index contributed by atoms with van der Waals surface area (Å²) in [5.41, 5.74) is -0.412. The molecule has 0 aliphatic carbocycles. The molecule has 1 fully saturated rings. The molecule has 3 aliphatic heterocycles. The lowest BCUT2D eigenvalue weighted by Crippen LogP contribution is -2.48. The van der Waals surface area contributed by atoms with Gasteiger partial charge in [-0.15, -0.1) is 0 Å². The fourth-order valence-corrected chi connectivity index (χ4v) is 4.78. The lowest BCUT2D eigenvalue weighted by atomic mass is 10.0. The van der Waals surface area contributed by atoms with Crippen molar-refractivity contribution in [3.8, 4) is 0 Å². The zero-order valence-electron chi connectivity index (χ0n) is 20.8. The smallest absolute Gasteiger partial charge is 0.266 e. The van der Waals surface area contributed by atoms with E-state index in [2.05, 4.69) is 15.2 Å². The molecule has 2 atom stereocenters. The minimum atomic E-state index is -2.95. The number of hydrogen-bond acceptors (Lipinski definition) is 6. The van der Waals surface area contributed by atoms with Crippen molar-refractivity contribution in [1.82, 2.24) is 20.1 Å². The fraction of sp³-hybridized carbons (Fsp3) is 0.520. The predicted molar refractivity (Wildman–Crippen MR) is 130 cm³/mol. The van der Waals surface area contributed by atoms with E-state index in [1.165, 1.54) is 12.1 Å². The van der Waals surface area contributed by atoms with Crippen LogP contribution in [0.4, 0.5) is 13.2 Å². The van der Waals surface area contributed by atoms with Crippen LogP contribution in [0, 0.1) is 5.82 Å². The number of rotatable bonds is 5. The number of amidine groups is 2. The molecule has 3 heterocycles. The number of hydrogen-bond donors (Lipinski definition) is 1. The second kappa shape index (κ2) is 10.3. The van der Waals surface area contributed by atoms with Gasteiger partial charge >= 0.3 is 0 Å². The Morgan fingerprint density at radius 1 is 1.19 bits per heavy atom. The number of fused-ring (bicyclic) bond motifs is 1. The highest BCUT2D eigenvalue weighted by Crippen LogP contribution is 2.28. The molecule has 11 heteroatoms. The second-order valence-electron chi connectivity index (χ2n) is 9.49. The van der Waals surface area contributed by atoms with Crippen molar-refractivity contribution in [2.24, 2.45) is 10.1 Å². The molecular formula is C25H31F3N6O2.